The maximum Gasteiger partial charge on any atom is 0.0625 e. The van der Waals surface area contributed by atoms with Crippen molar-refractivity contribution in [3.63, 3.8) is 0 Å². The van der Waals surface area contributed by atoms with Crippen molar-refractivity contribution in [3.05, 3.63) is 47.5 Å². The first kappa shape index (κ1) is 14.3. The molecule has 0 aliphatic carbocycles. The monoisotopic (exact) mass is 239 g/mol. The van der Waals surface area contributed by atoms with Gasteiger partial charge in [-0.15, -0.1) is 0 Å². The molecule has 0 fully saturated rings. The van der Waals surface area contributed by atoms with Crippen LogP contribution < -0.4 is 0 Å². The predicted octanol–water partition coefficient (Wildman–Crippen LogP) is 4.88. The molecule has 0 unspecified atom stereocenters. The maximum atomic E-state index is 8.68. The van der Waals surface area contributed by atoms with E-state index in [1.54, 1.807) is 0 Å². The number of rotatable bonds is 3. The van der Waals surface area contributed by atoms with Gasteiger partial charge in [0.25, 0.3) is 0 Å². The van der Waals surface area contributed by atoms with Crippen molar-refractivity contribution >= 4 is 10.8 Å². The summed E-state index contributed by atoms with van der Waals surface area (Å²) in [6, 6.07) is 15.0. The van der Waals surface area contributed by atoms with Gasteiger partial charge in [0.1, 0.15) is 0 Å². The summed E-state index contributed by atoms with van der Waals surface area (Å²) in [5.74, 6) is 0. The SMILES string of the molecule is CC.CCc1cccc2cccc(CCC#N)c12. The first-order valence-electron chi connectivity index (χ1n) is 6.73. The number of nitrogens with zero attached hydrogens (tertiary/aromatic N) is 1. The standard InChI is InChI=1S/C15H15N.C2H6/c1-2-12-6-3-7-13-8-4-9-14(15(12)13)10-5-11-16;1-2/h3-4,6-9H,2,5,10H2,1H3;1-2H3. The van der Waals surface area contributed by atoms with Gasteiger partial charge in [-0.2, -0.15) is 5.26 Å². The molecule has 0 atom stereocenters. The molecular formula is C17H21N. The summed E-state index contributed by atoms with van der Waals surface area (Å²) in [5, 5.41) is 11.3. The van der Waals surface area contributed by atoms with Crippen LogP contribution in [0.25, 0.3) is 10.8 Å². The lowest BCUT2D eigenvalue weighted by Crippen LogP contribution is -1.91. The fraction of sp³-hybridized carbons (Fsp3) is 0.353. The zero-order valence-electron chi connectivity index (χ0n) is 11.5. The summed E-state index contributed by atoms with van der Waals surface area (Å²) in [6.07, 6.45) is 2.49. The van der Waals surface area contributed by atoms with Gasteiger partial charge >= 0.3 is 0 Å². The van der Waals surface area contributed by atoms with Crippen LogP contribution in [-0.2, 0) is 12.8 Å². The van der Waals surface area contributed by atoms with E-state index in [1.807, 2.05) is 13.8 Å². The molecule has 0 bridgehead atoms. The molecule has 18 heavy (non-hydrogen) atoms. The summed E-state index contributed by atoms with van der Waals surface area (Å²) in [6.45, 7) is 6.18. The van der Waals surface area contributed by atoms with Crippen LogP contribution in [0.1, 0.15) is 38.3 Å². The highest BCUT2D eigenvalue weighted by atomic mass is 14.2. The Balaban J connectivity index is 0.000000771. The largest absolute Gasteiger partial charge is 0.198 e. The summed E-state index contributed by atoms with van der Waals surface area (Å²) >= 11 is 0. The van der Waals surface area contributed by atoms with E-state index in [4.69, 9.17) is 5.26 Å². The van der Waals surface area contributed by atoms with Gasteiger partial charge in [0.05, 0.1) is 6.07 Å². The summed E-state index contributed by atoms with van der Waals surface area (Å²) in [4.78, 5) is 0. The van der Waals surface area contributed by atoms with Crippen LogP contribution in [0.3, 0.4) is 0 Å². The molecule has 0 aliphatic rings. The number of hydrogen-bond acceptors (Lipinski definition) is 1. The van der Waals surface area contributed by atoms with E-state index in [9.17, 15) is 0 Å². The summed E-state index contributed by atoms with van der Waals surface area (Å²) in [5.41, 5.74) is 2.68. The van der Waals surface area contributed by atoms with Gasteiger partial charge in [0.2, 0.25) is 0 Å². The Bertz CT molecular complexity index is 530. The Morgan fingerprint density at radius 3 is 2.17 bits per heavy atom. The second-order valence-corrected chi connectivity index (χ2v) is 3.94. The Morgan fingerprint density at radius 1 is 1.00 bits per heavy atom. The third-order valence-electron chi connectivity index (χ3n) is 2.96. The Hall–Kier alpha value is -1.81. The van der Waals surface area contributed by atoms with E-state index >= 15 is 0 Å². The van der Waals surface area contributed by atoms with Crippen molar-refractivity contribution in [2.24, 2.45) is 0 Å². The van der Waals surface area contributed by atoms with E-state index in [-0.39, 0.29) is 0 Å². The molecule has 1 heteroatoms. The van der Waals surface area contributed by atoms with Crippen LogP contribution in [0.5, 0.6) is 0 Å². The second kappa shape index (κ2) is 7.50. The smallest absolute Gasteiger partial charge is 0.0625 e. The Kier molecular flexibility index (Phi) is 5.94. The Morgan fingerprint density at radius 2 is 1.61 bits per heavy atom. The normalized spacial score (nSPS) is 9.44. The van der Waals surface area contributed by atoms with Crippen LogP contribution in [0, 0.1) is 11.3 Å². The van der Waals surface area contributed by atoms with Gasteiger partial charge in [0, 0.05) is 6.42 Å². The number of nitriles is 1. The fourth-order valence-electron chi connectivity index (χ4n) is 2.20. The highest BCUT2D eigenvalue weighted by molar-refractivity contribution is 5.88. The third kappa shape index (κ3) is 3.11. The fourth-order valence-corrected chi connectivity index (χ4v) is 2.20. The average molecular weight is 239 g/mol. The van der Waals surface area contributed by atoms with E-state index < -0.39 is 0 Å². The lowest BCUT2D eigenvalue weighted by atomic mass is 9.95. The number of aryl methyl sites for hydroxylation is 2. The first-order chi connectivity index (χ1) is 8.86. The molecule has 2 aromatic rings. The highest BCUT2D eigenvalue weighted by Gasteiger charge is 2.04. The minimum absolute atomic E-state index is 0.594. The molecule has 94 valence electrons. The highest BCUT2D eigenvalue weighted by Crippen LogP contribution is 2.24. The zero-order valence-corrected chi connectivity index (χ0v) is 11.5. The van der Waals surface area contributed by atoms with Gasteiger partial charge in [0.15, 0.2) is 0 Å². The number of fused-ring (bicyclic) bond motifs is 1. The van der Waals surface area contributed by atoms with Crippen molar-refractivity contribution in [1.82, 2.24) is 0 Å². The lowest BCUT2D eigenvalue weighted by Gasteiger charge is -2.09. The molecule has 0 aromatic heterocycles. The van der Waals surface area contributed by atoms with Crippen LogP contribution in [0.4, 0.5) is 0 Å². The number of benzene rings is 2. The van der Waals surface area contributed by atoms with E-state index in [2.05, 4.69) is 49.4 Å². The lowest BCUT2D eigenvalue weighted by molar-refractivity contribution is 1.02. The second-order valence-electron chi connectivity index (χ2n) is 3.94. The van der Waals surface area contributed by atoms with E-state index in [0.29, 0.717) is 6.42 Å². The van der Waals surface area contributed by atoms with Crippen molar-refractivity contribution in [3.8, 4) is 6.07 Å². The minimum atomic E-state index is 0.594. The molecule has 0 saturated heterocycles. The Labute approximate surface area is 110 Å². The van der Waals surface area contributed by atoms with Gasteiger partial charge in [-0.25, -0.2) is 0 Å². The molecule has 0 saturated carbocycles. The van der Waals surface area contributed by atoms with Gasteiger partial charge in [-0.1, -0.05) is 57.2 Å². The van der Waals surface area contributed by atoms with E-state index in [1.165, 1.54) is 21.9 Å². The average Bonchev–Trinajstić information content (AvgIpc) is 2.46. The molecule has 2 rings (SSSR count). The quantitative estimate of drug-likeness (QED) is 0.748. The molecular weight excluding hydrogens is 218 g/mol. The minimum Gasteiger partial charge on any atom is -0.198 e. The molecule has 2 aromatic carbocycles. The molecule has 0 radical (unpaired) electrons. The predicted molar refractivity (Wildman–Crippen MR) is 78.6 cm³/mol. The van der Waals surface area contributed by atoms with E-state index in [0.717, 1.165) is 12.8 Å². The van der Waals surface area contributed by atoms with Crippen molar-refractivity contribution in [1.29, 1.82) is 5.26 Å². The molecule has 0 aliphatic heterocycles. The number of hydrogen-bond donors (Lipinski definition) is 0. The zero-order chi connectivity index (χ0) is 13.4. The van der Waals surface area contributed by atoms with Crippen LogP contribution in [-0.4, -0.2) is 0 Å². The van der Waals surface area contributed by atoms with Gasteiger partial charge in [-0.05, 0) is 34.7 Å². The maximum absolute atomic E-state index is 8.68. The van der Waals surface area contributed by atoms with Crippen molar-refractivity contribution in [2.45, 2.75) is 40.0 Å². The molecule has 0 amide bonds. The first-order valence-corrected chi connectivity index (χ1v) is 6.73. The molecule has 0 spiro atoms. The van der Waals surface area contributed by atoms with Gasteiger partial charge < -0.3 is 0 Å². The van der Waals surface area contributed by atoms with Gasteiger partial charge in [-0.3, -0.25) is 0 Å². The van der Waals surface area contributed by atoms with Crippen molar-refractivity contribution < 1.29 is 0 Å². The molecule has 0 N–H and O–H groups in total. The molecule has 1 nitrogen and oxygen atoms in total. The molecule has 0 heterocycles. The van der Waals surface area contributed by atoms with Crippen LogP contribution >= 0.6 is 0 Å². The topological polar surface area (TPSA) is 23.8 Å². The summed E-state index contributed by atoms with van der Waals surface area (Å²) < 4.78 is 0. The third-order valence-corrected chi connectivity index (χ3v) is 2.96. The van der Waals surface area contributed by atoms with Crippen LogP contribution in [0.15, 0.2) is 36.4 Å². The summed E-state index contributed by atoms with van der Waals surface area (Å²) in [7, 11) is 0. The van der Waals surface area contributed by atoms with Crippen LogP contribution in [0.2, 0.25) is 0 Å². The van der Waals surface area contributed by atoms with Crippen molar-refractivity contribution in [2.75, 3.05) is 0 Å².